The lowest BCUT2D eigenvalue weighted by molar-refractivity contribution is 0.164. The molecule has 21 heavy (non-hydrogen) atoms. The van der Waals surface area contributed by atoms with Crippen molar-refractivity contribution >= 4 is 5.69 Å². The number of oxazole rings is 1. The van der Waals surface area contributed by atoms with Crippen LogP contribution in [0.4, 0.5) is 10.1 Å². The number of rotatable bonds is 3. The Balaban J connectivity index is 1.65. The summed E-state index contributed by atoms with van der Waals surface area (Å²) in [5.41, 5.74) is 0.691. The summed E-state index contributed by atoms with van der Waals surface area (Å²) in [6.45, 7) is 7.25. The fourth-order valence-electron chi connectivity index (χ4n) is 2.81. The molecule has 0 unspecified atom stereocenters. The van der Waals surface area contributed by atoms with Crippen LogP contribution in [-0.4, -0.2) is 35.6 Å². The maximum absolute atomic E-state index is 13.9. The molecule has 1 aliphatic heterocycles. The Hall–Kier alpha value is -1.88. The zero-order chi connectivity index (χ0) is 14.8. The molecular weight excluding hydrogens is 269 g/mol. The first-order valence-electron chi connectivity index (χ1n) is 7.28. The predicted octanol–water partition coefficient (Wildman–Crippen LogP) is 2.83. The molecule has 1 aromatic carbocycles. The van der Waals surface area contributed by atoms with Crippen LogP contribution in [0.15, 0.2) is 34.9 Å². The van der Waals surface area contributed by atoms with E-state index in [1.54, 1.807) is 12.3 Å². The molecule has 112 valence electrons. The lowest BCUT2D eigenvalue weighted by atomic mass is 10.1. The number of hydrogen-bond acceptors (Lipinski definition) is 4. The molecule has 0 radical (unpaired) electrons. The van der Waals surface area contributed by atoms with Crippen LogP contribution in [0.2, 0.25) is 0 Å². The Kier molecular flexibility index (Phi) is 3.92. The number of piperazine rings is 1. The summed E-state index contributed by atoms with van der Waals surface area (Å²) >= 11 is 0. The highest BCUT2D eigenvalue weighted by Crippen LogP contribution is 2.23. The number of nitrogens with zero attached hydrogens (tertiary/aromatic N) is 3. The lowest BCUT2D eigenvalue weighted by Crippen LogP contribution is -2.51. The summed E-state index contributed by atoms with van der Waals surface area (Å²) in [6, 6.07) is 7.29. The van der Waals surface area contributed by atoms with Crippen molar-refractivity contribution in [2.24, 2.45) is 0 Å². The Labute approximate surface area is 124 Å². The topological polar surface area (TPSA) is 32.5 Å². The van der Waals surface area contributed by atoms with Crippen molar-refractivity contribution in [3.8, 4) is 0 Å². The van der Waals surface area contributed by atoms with Crippen LogP contribution in [0.3, 0.4) is 0 Å². The van der Waals surface area contributed by atoms with Crippen LogP contribution in [-0.2, 0) is 6.54 Å². The van der Waals surface area contributed by atoms with Crippen LogP contribution in [0.1, 0.15) is 18.6 Å². The molecule has 1 atom stereocenters. The van der Waals surface area contributed by atoms with Gasteiger partial charge in [-0.2, -0.15) is 0 Å². The first-order valence-corrected chi connectivity index (χ1v) is 7.28. The van der Waals surface area contributed by atoms with E-state index in [9.17, 15) is 4.39 Å². The molecule has 2 aromatic rings. The van der Waals surface area contributed by atoms with Crippen molar-refractivity contribution in [2.45, 2.75) is 26.4 Å². The third kappa shape index (κ3) is 3.08. The molecule has 0 saturated carbocycles. The quantitative estimate of drug-likeness (QED) is 0.870. The molecule has 1 aliphatic rings. The second kappa shape index (κ2) is 5.85. The molecule has 0 spiro atoms. The maximum Gasteiger partial charge on any atom is 0.208 e. The largest absolute Gasteiger partial charge is 0.445 e. The first kappa shape index (κ1) is 14.1. The molecule has 1 fully saturated rings. The van der Waals surface area contributed by atoms with E-state index in [0.29, 0.717) is 18.3 Å². The number of halogens is 1. The minimum Gasteiger partial charge on any atom is -0.445 e. The SMILES string of the molecule is Cc1cnc(CN2CCN(c3ccccc3F)C[C@@H]2C)o1. The highest BCUT2D eigenvalue weighted by Gasteiger charge is 2.26. The standard InChI is InChI=1S/C16H20FN3O/c1-12-10-20(15-6-4-3-5-14(15)17)8-7-19(12)11-16-18-9-13(2)21-16/h3-6,9,12H,7-8,10-11H2,1-2H3/t12-/m0/s1. The van der Waals surface area contributed by atoms with Gasteiger partial charge in [0.25, 0.3) is 0 Å². The summed E-state index contributed by atoms with van der Waals surface area (Å²) in [5, 5.41) is 0. The zero-order valence-corrected chi connectivity index (χ0v) is 12.4. The first-order chi connectivity index (χ1) is 10.1. The van der Waals surface area contributed by atoms with Crippen molar-refractivity contribution in [2.75, 3.05) is 24.5 Å². The number of anilines is 1. The van der Waals surface area contributed by atoms with Gasteiger partial charge in [0.15, 0.2) is 0 Å². The van der Waals surface area contributed by atoms with Gasteiger partial charge in [0.05, 0.1) is 18.4 Å². The van der Waals surface area contributed by atoms with Gasteiger partial charge in [0, 0.05) is 25.7 Å². The Morgan fingerprint density at radius 2 is 2.14 bits per heavy atom. The Morgan fingerprint density at radius 3 is 2.81 bits per heavy atom. The smallest absolute Gasteiger partial charge is 0.208 e. The van der Waals surface area contributed by atoms with E-state index in [1.165, 1.54) is 6.07 Å². The van der Waals surface area contributed by atoms with Gasteiger partial charge in [-0.05, 0) is 26.0 Å². The summed E-state index contributed by atoms with van der Waals surface area (Å²) in [7, 11) is 0. The van der Waals surface area contributed by atoms with Gasteiger partial charge in [-0.15, -0.1) is 0 Å². The van der Waals surface area contributed by atoms with Gasteiger partial charge in [-0.1, -0.05) is 12.1 Å². The fourth-order valence-corrected chi connectivity index (χ4v) is 2.81. The van der Waals surface area contributed by atoms with E-state index < -0.39 is 0 Å². The van der Waals surface area contributed by atoms with Crippen molar-refractivity contribution in [3.63, 3.8) is 0 Å². The van der Waals surface area contributed by atoms with Gasteiger partial charge < -0.3 is 9.32 Å². The number of aryl methyl sites for hydroxylation is 1. The molecule has 3 rings (SSSR count). The molecule has 5 heteroatoms. The molecule has 1 saturated heterocycles. The van der Waals surface area contributed by atoms with E-state index >= 15 is 0 Å². The van der Waals surface area contributed by atoms with Gasteiger partial charge in [0.1, 0.15) is 11.6 Å². The third-order valence-electron chi connectivity index (χ3n) is 3.97. The normalized spacial score (nSPS) is 20.0. The number of aromatic nitrogens is 1. The minimum atomic E-state index is -0.151. The van der Waals surface area contributed by atoms with E-state index in [2.05, 4.69) is 21.7 Å². The zero-order valence-electron chi connectivity index (χ0n) is 12.4. The van der Waals surface area contributed by atoms with Gasteiger partial charge >= 0.3 is 0 Å². The van der Waals surface area contributed by atoms with Crippen LogP contribution >= 0.6 is 0 Å². The van der Waals surface area contributed by atoms with Crippen LogP contribution < -0.4 is 4.90 Å². The van der Waals surface area contributed by atoms with Gasteiger partial charge in [0.2, 0.25) is 5.89 Å². The fraction of sp³-hybridized carbons (Fsp3) is 0.438. The highest BCUT2D eigenvalue weighted by molar-refractivity contribution is 5.48. The molecule has 0 amide bonds. The molecular formula is C16H20FN3O. The summed E-state index contributed by atoms with van der Waals surface area (Å²) in [5.74, 6) is 1.43. The minimum absolute atomic E-state index is 0.151. The van der Waals surface area contributed by atoms with Crippen molar-refractivity contribution < 1.29 is 8.81 Å². The van der Waals surface area contributed by atoms with E-state index in [-0.39, 0.29) is 5.82 Å². The van der Waals surface area contributed by atoms with Crippen molar-refractivity contribution in [1.82, 2.24) is 9.88 Å². The van der Waals surface area contributed by atoms with Crippen LogP contribution in [0.25, 0.3) is 0 Å². The van der Waals surface area contributed by atoms with E-state index in [4.69, 9.17) is 4.42 Å². The van der Waals surface area contributed by atoms with Crippen LogP contribution in [0.5, 0.6) is 0 Å². The number of hydrogen-bond donors (Lipinski definition) is 0. The van der Waals surface area contributed by atoms with Gasteiger partial charge in [-0.3, -0.25) is 4.90 Å². The van der Waals surface area contributed by atoms with E-state index in [0.717, 1.165) is 31.3 Å². The van der Waals surface area contributed by atoms with Gasteiger partial charge in [-0.25, -0.2) is 9.37 Å². The van der Waals surface area contributed by atoms with Crippen molar-refractivity contribution in [3.05, 3.63) is 47.9 Å². The Bertz CT molecular complexity index is 613. The summed E-state index contributed by atoms with van der Waals surface area (Å²) < 4.78 is 19.4. The average Bonchev–Trinajstić information content (AvgIpc) is 2.87. The average molecular weight is 289 g/mol. The monoisotopic (exact) mass is 289 g/mol. The maximum atomic E-state index is 13.9. The molecule has 0 N–H and O–H groups in total. The molecule has 2 heterocycles. The molecule has 0 aliphatic carbocycles. The van der Waals surface area contributed by atoms with Crippen LogP contribution in [0, 0.1) is 12.7 Å². The van der Waals surface area contributed by atoms with E-state index in [1.807, 2.05) is 19.1 Å². The summed E-state index contributed by atoms with van der Waals surface area (Å²) in [4.78, 5) is 8.68. The second-order valence-corrected chi connectivity index (χ2v) is 5.58. The molecule has 0 bridgehead atoms. The molecule has 1 aromatic heterocycles. The molecule has 4 nitrogen and oxygen atoms in total. The van der Waals surface area contributed by atoms with Crippen molar-refractivity contribution in [1.29, 1.82) is 0 Å². The number of para-hydroxylation sites is 1. The predicted molar refractivity (Wildman–Crippen MR) is 79.7 cm³/mol. The second-order valence-electron chi connectivity index (χ2n) is 5.58. The highest BCUT2D eigenvalue weighted by atomic mass is 19.1. The number of benzene rings is 1. The Morgan fingerprint density at radius 1 is 1.33 bits per heavy atom. The lowest BCUT2D eigenvalue weighted by Gasteiger charge is -2.40. The third-order valence-corrected chi connectivity index (χ3v) is 3.97. The summed E-state index contributed by atoms with van der Waals surface area (Å²) in [6.07, 6.45) is 1.75.